The molecular weight excluding hydrogens is 218 g/mol. The molecule has 2 heterocycles. The van der Waals surface area contributed by atoms with Crippen LogP contribution in [0.4, 0.5) is 5.82 Å². The molecule has 0 aliphatic heterocycles. The van der Waals surface area contributed by atoms with E-state index in [2.05, 4.69) is 20.4 Å². The van der Waals surface area contributed by atoms with Crippen molar-refractivity contribution in [3.8, 4) is 5.82 Å². The van der Waals surface area contributed by atoms with Gasteiger partial charge in [0, 0.05) is 18.7 Å². The molecule has 0 aliphatic carbocycles. The molecule has 0 atom stereocenters. The van der Waals surface area contributed by atoms with Gasteiger partial charge in [-0.05, 0) is 19.9 Å². The third-order valence-electron chi connectivity index (χ3n) is 2.18. The molecule has 0 spiro atoms. The van der Waals surface area contributed by atoms with E-state index in [1.807, 2.05) is 19.9 Å². The average molecular weight is 231 g/mol. The number of hydrogen-bond donors (Lipinski definition) is 1. The molecule has 6 heteroatoms. The molecular formula is C11H13N5O. The number of nitrogens with one attached hydrogen (secondary N) is 1. The third kappa shape index (κ3) is 2.47. The Labute approximate surface area is 98.7 Å². The number of amides is 1. The summed E-state index contributed by atoms with van der Waals surface area (Å²) in [6, 6.07) is 3.64. The van der Waals surface area contributed by atoms with E-state index in [1.165, 1.54) is 13.3 Å². The highest BCUT2D eigenvalue weighted by Crippen LogP contribution is 2.11. The summed E-state index contributed by atoms with van der Waals surface area (Å²) < 4.78 is 1.71. The SMILES string of the molecule is CC(=O)Nc1cc(-n2nc(C)cc2C)ncn1. The molecule has 1 amide bonds. The van der Waals surface area contributed by atoms with E-state index >= 15 is 0 Å². The summed E-state index contributed by atoms with van der Waals surface area (Å²) in [6.07, 6.45) is 1.40. The summed E-state index contributed by atoms with van der Waals surface area (Å²) >= 11 is 0. The molecule has 2 aromatic rings. The predicted octanol–water partition coefficient (Wildman–Crippen LogP) is 1.24. The Morgan fingerprint density at radius 3 is 2.65 bits per heavy atom. The van der Waals surface area contributed by atoms with Gasteiger partial charge in [-0.3, -0.25) is 4.79 Å². The molecule has 0 radical (unpaired) electrons. The van der Waals surface area contributed by atoms with Crippen molar-refractivity contribution in [3.05, 3.63) is 29.8 Å². The molecule has 0 bridgehead atoms. The van der Waals surface area contributed by atoms with Gasteiger partial charge in [0.2, 0.25) is 5.91 Å². The number of anilines is 1. The smallest absolute Gasteiger partial charge is 0.222 e. The lowest BCUT2D eigenvalue weighted by atomic mass is 10.4. The molecule has 2 aromatic heterocycles. The van der Waals surface area contributed by atoms with Crippen molar-refractivity contribution < 1.29 is 4.79 Å². The number of rotatable bonds is 2. The molecule has 0 aliphatic rings. The van der Waals surface area contributed by atoms with Gasteiger partial charge >= 0.3 is 0 Å². The van der Waals surface area contributed by atoms with Crippen LogP contribution in [0.2, 0.25) is 0 Å². The monoisotopic (exact) mass is 231 g/mol. The minimum Gasteiger partial charge on any atom is -0.311 e. The van der Waals surface area contributed by atoms with E-state index in [1.54, 1.807) is 10.7 Å². The van der Waals surface area contributed by atoms with Crippen molar-refractivity contribution in [1.29, 1.82) is 0 Å². The summed E-state index contributed by atoms with van der Waals surface area (Å²) in [5.74, 6) is 0.937. The fourth-order valence-corrected chi connectivity index (χ4v) is 1.57. The van der Waals surface area contributed by atoms with E-state index in [0.29, 0.717) is 11.6 Å². The lowest BCUT2D eigenvalue weighted by Crippen LogP contribution is -2.09. The van der Waals surface area contributed by atoms with Crippen molar-refractivity contribution in [2.24, 2.45) is 0 Å². The van der Waals surface area contributed by atoms with Crippen LogP contribution in [-0.4, -0.2) is 25.7 Å². The van der Waals surface area contributed by atoms with E-state index in [-0.39, 0.29) is 5.91 Å². The van der Waals surface area contributed by atoms with Gasteiger partial charge in [0.05, 0.1) is 5.69 Å². The Balaban J connectivity index is 2.39. The van der Waals surface area contributed by atoms with Crippen molar-refractivity contribution in [1.82, 2.24) is 19.7 Å². The number of hydrogen-bond acceptors (Lipinski definition) is 4. The minimum atomic E-state index is -0.164. The van der Waals surface area contributed by atoms with Crippen LogP contribution in [0.5, 0.6) is 0 Å². The second kappa shape index (κ2) is 4.32. The molecule has 1 N–H and O–H groups in total. The maximum absolute atomic E-state index is 10.9. The first kappa shape index (κ1) is 11.3. The summed E-state index contributed by atoms with van der Waals surface area (Å²) in [5, 5.41) is 6.92. The van der Waals surface area contributed by atoms with Crippen LogP contribution in [0.1, 0.15) is 18.3 Å². The van der Waals surface area contributed by atoms with E-state index in [9.17, 15) is 4.79 Å². The number of aryl methyl sites for hydroxylation is 2. The first-order valence-electron chi connectivity index (χ1n) is 5.19. The van der Waals surface area contributed by atoms with Gasteiger partial charge in [0.1, 0.15) is 12.1 Å². The van der Waals surface area contributed by atoms with Crippen LogP contribution in [0.15, 0.2) is 18.5 Å². The topological polar surface area (TPSA) is 72.7 Å². The fourth-order valence-electron chi connectivity index (χ4n) is 1.57. The highest BCUT2D eigenvalue weighted by Gasteiger charge is 2.06. The maximum Gasteiger partial charge on any atom is 0.222 e. The molecule has 17 heavy (non-hydrogen) atoms. The van der Waals surface area contributed by atoms with Crippen LogP contribution in [-0.2, 0) is 4.79 Å². The first-order valence-corrected chi connectivity index (χ1v) is 5.19. The molecule has 88 valence electrons. The zero-order valence-electron chi connectivity index (χ0n) is 9.93. The van der Waals surface area contributed by atoms with Gasteiger partial charge in [0.15, 0.2) is 5.82 Å². The van der Waals surface area contributed by atoms with Crippen LogP contribution in [0.3, 0.4) is 0 Å². The summed E-state index contributed by atoms with van der Waals surface area (Å²) in [5.41, 5.74) is 1.90. The van der Waals surface area contributed by atoms with Crippen molar-refractivity contribution in [2.75, 3.05) is 5.32 Å². The standard InChI is InChI=1S/C11H13N5O/c1-7-4-8(2)16(15-7)11-5-10(12-6-13-11)14-9(3)17/h4-6H,1-3H3,(H,12,13,14,17). The zero-order chi connectivity index (χ0) is 12.4. The van der Waals surface area contributed by atoms with E-state index < -0.39 is 0 Å². The lowest BCUT2D eigenvalue weighted by Gasteiger charge is -2.05. The van der Waals surface area contributed by atoms with Gasteiger partial charge < -0.3 is 5.32 Å². The largest absolute Gasteiger partial charge is 0.311 e. The average Bonchev–Trinajstić information content (AvgIpc) is 2.57. The number of carbonyl (C=O) groups is 1. The second-order valence-electron chi connectivity index (χ2n) is 3.78. The minimum absolute atomic E-state index is 0.164. The molecule has 0 unspecified atom stereocenters. The van der Waals surface area contributed by atoms with E-state index in [4.69, 9.17) is 0 Å². The maximum atomic E-state index is 10.9. The molecule has 0 fully saturated rings. The number of aromatic nitrogens is 4. The number of carbonyl (C=O) groups excluding carboxylic acids is 1. The van der Waals surface area contributed by atoms with E-state index in [0.717, 1.165) is 11.4 Å². The van der Waals surface area contributed by atoms with Crippen molar-refractivity contribution in [3.63, 3.8) is 0 Å². The van der Waals surface area contributed by atoms with Crippen LogP contribution >= 0.6 is 0 Å². The van der Waals surface area contributed by atoms with Crippen LogP contribution < -0.4 is 5.32 Å². The van der Waals surface area contributed by atoms with Gasteiger partial charge in [-0.25, -0.2) is 14.6 Å². The zero-order valence-corrected chi connectivity index (χ0v) is 9.93. The normalized spacial score (nSPS) is 10.3. The highest BCUT2D eigenvalue weighted by molar-refractivity contribution is 5.87. The van der Waals surface area contributed by atoms with Crippen molar-refractivity contribution in [2.45, 2.75) is 20.8 Å². The van der Waals surface area contributed by atoms with Crippen molar-refractivity contribution >= 4 is 11.7 Å². The number of nitrogens with zero attached hydrogens (tertiary/aromatic N) is 4. The fraction of sp³-hybridized carbons (Fsp3) is 0.273. The Hall–Kier alpha value is -2.24. The summed E-state index contributed by atoms with van der Waals surface area (Å²) in [4.78, 5) is 19.0. The van der Waals surface area contributed by atoms with Gasteiger partial charge in [-0.15, -0.1) is 0 Å². The second-order valence-corrected chi connectivity index (χ2v) is 3.78. The molecule has 0 aromatic carbocycles. The van der Waals surface area contributed by atoms with Crippen LogP contribution in [0, 0.1) is 13.8 Å². The Morgan fingerprint density at radius 1 is 1.29 bits per heavy atom. The Bertz CT molecular complexity index is 561. The van der Waals surface area contributed by atoms with Gasteiger partial charge in [-0.1, -0.05) is 0 Å². The molecule has 0 saturated carbocycles. The highest BCUT2D eigenvalue weighted by atomic mass is 16.1. The Kier molecular flexibility index (Phi) is 2.86. The van der Waals surface area contributed by atoms with Crippen LogP contribution in [0.25, 0.3) is 5.82 Å². The quantitative estimate of drug-likeness (QED) is 0.843. The molecule has 6 nitrogen and oxygen atoms in total. The Morgan fingerprint density at radius 2 is 2.06 bits per heavy atom. The first-order chi connectivity index (χ1) is 8.06. The van der Waals surface area contributed by atoms with Gasteiger partial charge in [0.25, 0.3) is 0 Å². The molecule has 0 saturated heterocycles. The molecule has 2 rings (SSSR count). The summed E-state index contributed by atoms with van der Waals surface area (Å²) in [7, 11) is 0. The predicted molar refractivity (Wildman–Crippen MR) is 62.9 cm³/mol. The third-order valence-corrected chi connectivity index (χ3v) is 2.18. The lowest BCUT2D eigenvalue weighted by molar-refractivity contribution is -0.114. The summed E-state index contributed by atoms with van der Waals surface area (Å²) in [6.45, 7) is 5.30. The van der Waals surface area contributed by atoms with Gasteiger partial charge in [-0.2, -0.15) is 5.10 Å².